The zero-order chi connectivity index (χ0) is 18.4. The molecular formula is C18H15BrN4O3. The van der Waals surface area contributed by atoms with Crippen LogP contribution in [-0.2, 0) is 16.2 Å². The van der Waals surface area contributed by atoms with Crippen molar-refractivity contribution in [2.45, 2.75) is 13.5 Å². The van der Waals surface area contributed by atoms with E-state index in [1.54, 1.807) is 6.07 Å². The average Bonchev–Trinajstić information content (AvgIpc) is 3.10. The molecule has 132 valence electrons. The number of carbonyl (C=O) groups excluding carboxylic acids is 1. The van der Waals surface area contributed by atoms with E-state index in [9.17, 15) is 4.79 Å². The first-order valence-corrected chi connectivity index (χ1v) is 8.51. The number of rotatable bonds is 6. The van der Waals surface area contributed by atoms with Crippen molar-refractivity contribution in [2.75, 3.05) is 5.32 Å². The number of nitrogens with one attached hydrogen (secondary N) is 1. The Hall–Kier alpha value is -3.00. The van der Waals surface area contributed by atoms with Gasteiger partial charge >= 0.3 is 0 Å². The van der Waals surface area contributed by atoms with Gasteiger partial charge in [-0.1, -0.05) is 35.0 Å². The lowest BCUT2D eigenvalue weighted by molar-refractivity contribution is -0.110. The number of oxime groups is 1. The molecule has 1 N–H and O–H groups in total. The fraction of sp³-hybridized carbons (Fsp3) is 0.111. The number of carbonyl (C=O) groups is 1. The van der Waals surface area contributed by atoms with E-state index < -0.39 is 5.91 Å². The molecule has 0 aliphatic rings. The summed E-state index contributed by atoms with van der Waals surface area (Å²) in [5.41, 5.74) is 2.61. The number of hydrogen-bond acceptors (Lipinski definition) is 6. The van der Waals surface area contributed by atoms with E-state index in [1.165, 1.54) is 0 Å². The van der Waals surface area contributed by atoms with Crippen LogP contribution in [0.2, 0.25) is 0 Å². The van der Waals surface area contributed by atoms with Crippen LogP contribution >= 0.6 is 15.9 Å². The Kier molecular flexibility index (Phi) is 5.75. The molecule has 0 fully saturated rings. The molecule has 8 heteroatoms. The van der Waals surface area contributed by atoms with Crippen molar-refractivity contribution in [2.24, 2.45) is 5.16 Å². The molecule has 0 radical (unpaired) electrons. The van der Waals surface area contributed by atoms with Crippen LogP contribution in [0.4, 0.5) is 5.69 Å². The second-order valence-corrected chi connectivity index (χ2v) is 6.20. The van der Waals surface area contributed by atoms with Gasteiger partial charge in [0, 0.05) is 10.0 Å². The zero-order valence-electron chi connectivity index (χ0n) is 13.8. The summed E-state index contributed by atoms with van der Waals surface area (Å²) in [4.78, 5) is 16.8. The van der Waals surface area contributed by atoms with Crippen LogP contribution in [0.3, 0.4) is 0 Å². The lowest BCUT2D eigenvalue weighted by Gasteiger charge is -2.03. The Bertz CT molecular complexity index is 922. The van der Waals surface area contributed by atoms with E-state index in [0.717, 1.165) is 21.8 Å². The second-order valence-electron chi connectivity index (χ2n) is 5.34. The van der Waals surface area contributed by atoms with Gasteiger partial charge < -0.3 is 14.6 Å². The zero-order valence-corrected chi connectivity index (χ0v) is 15.4. The number of anilines is 1. The molecule has 1 aromatic heterocycles. The van der Waals surface area contributed by atoms with Gasteiger partial charge in [0.25, 0.3) is 11.8 Å². The molecule has 0 spiro atoms. The highest BCUT2D eigenvalue weighted by Gasteiger charge is 2.08. The molecular weight excluding hydrogens is 400 g/mol. The number of para-hydroxylation sites is 1. The minimum absolute atomic E-state index is 0.0301. The predicted molar refractivity (Wildman–Crippen MR) is 101 cm³/mol. The molecule has 7 nitrogen and oxygen atoms in total. The van der Waals surface area contributed by atoms with Crippen molar-refractivity contribution in [3.63, 3.8) is 0 Å². The number of benzene rings is 2. The topological polar surface area (TPSA) is 89.6 Å². The van der Waals surface area contributed by atoms with Gasteiger partial charge in [-0.2, -0.15) is 0 Å². The van der Waals surface area contributed by atoms with E-state index in [1.807, 2.05) is 49.4 Å². The van der Waals surface area contributed by atoms with E-state index >= 15 is 0 Å². The summed E-state index contributed by atoms with van der Waals surface area (Å²) in [5.74, 6) is 0.256. The maximum atomic E-state index is 11.8. The molecule has 0 unspecified atom stereocenters. The highest BCUT2D eigenvalue weighted by molar-refractivity contribution is 9.10. The maximum Gasteiger partial charge on any atom is 0.270 e. The van der Waals surface area contributed by atoms with Crippen LogP contribution in [0.15, 0.2) is 62.6 Å². The first kappa shape index (κ1) is 17.8. The fourth-order valence-electron chi connectivity index (χ4n) is 2.03. The van der Waals surface area contributed by atoms with Crippen molar-refractivity contribution in [3.05, 3.63) is 64.5 Å². The summed E-state index contributed by atoms with van der Waals surface area (Å²) in [6.07, 6.45) is 1.04. The average molecular weight is 415 g/mol. The van der Waals surface area contributed by atoms with Crippen LogP contribution < -0.4 is 5.32 Å². The van der Waals surface area contributed by atoms with Crippen LogP contribution in [0.25, 0.3) is 11.5 Å². The van der Waals surface area contributed by atoms with Crippen LogP contribution in [-0.4, -0.2) is 22.3 Å². The number of nitrogens with zero attached hydrogens (tertiary/aromatic N) is 3. The monoisotopic (exact) mass is 414 g/mol. The van der Waals surface area contributed by atoms with Gasteiger partial charge in [0.1, 0.15) is 6.21 Å². The summed E-state index contributed by atoms with van der Waals surface area (Å²) in [6, 6.07) is 15.0. The molecule has 0 atom stereocenters. The second kappa shape index (κ2) is 8.39. The van der Waals surface area contributed by atoms with Gasteiger partial charge in [-0.15, -0.1) is 10.2 Å². The Morgan fingerprint density at radius 1 is 1.23 bits per heavy atom. The Morgan fingerprint density at radius 3 is 2.77 bits per heavy atom. The van der Waals surface area contributed by atoms with Crippen molar-refractivity contribution < 1.29 is 14.0 Å². The minimum atomic E-state index is -0.414. The van der Waals surface area contributed by atoms with E-state index in [4.69, 9.17) is 9.25 Å². The Morgan fingerprint density at radius 2 is 2.00 bits per heavy atom. The first-order chi connectivity index (χ1) is 12.6. The van der Waals surface area contributed by atoms with Crippen molar-refractivity contribution in [1.29, 1.82) is 0 Å². The summed E-state index contributed by atoms with van der Waals surface area (Å²) in [7, 11) is 0. The minimum Gasteiger partial charge on any atom is -0.417 e. The molecule has 0 saturated carbocycles. The van der Waals surface area contributed by atoms with Gasteiger partial charge in [0.15, 0.2) is 6.61 Å². The summed E-state index contributed by atoms with van der Waals surface area (Å²) < 4.78 is 6.28. The summed E-state index contributed by atoms with van der Waals surface area (Å²) in [6.45, 7) is 1.97. The summed E-state index contributed by atoms with van der Waals surface area (Å²) in [5, 5.41) is 14.1. The third kappa shape index (κ3) is 4.76. The van der Waals surface area contributed by atoms with Crippen molar-refractivity contribution in [3.8, 4) is 11.5 Å². The van der Waals surface area contributed by atoms with Gasteiger partial charge in [-0.3, -0.25) is 4.79 Å². The van der Waals surface area contributed by atoms with Gasteiger partial charge in [-0.25, -0.2) is 0 Å². The smallest absolute Gasteiger partial charge is 0.270 e. The van der Waals surface area contributed by atoms with Gasteiger partial charge in [0.2, 0.25) is 5.89 Å². The molecule has 3 aromatic rings. The molecule has 26 heavy (non-hydrogen) atoms. The highest BCUT2D eigenvalue weighted by atomic mass is 79.9. The van der Waals surface area contributed by atoms with Crippen LogP contribution in [0.5, 0.6) is 0 Å². The molecule has 0 bridgehead atoms. The fourth-order valence-corrected chi connectivity index (χ4v) is 2.41. The number of aryl methyl sites for hydroxylation is 1. The molecule has 1 heterocycles. The predicted octanol–water partition coefficient (Wildman–Crippen LogP) is 3.95. The molecule has 0 saturated heterocycles. The van der Waals surface area contributed by atoms with E-state index in [2.05, 4.69) is 36.6 Å². The van der Waals surface area contributed by atoms with Crippen molar-refractivity contribution in [1.82, 2.24) is 10.2 Å². The molecule has 0 aliphatic heterocycles. The quantitative estimate of drug-likeness (QED) is 0.487. The van der Waals surface area contributed by atoms with Gasteiger partial charge in [-0.05, 0) is 47.1 Å². The number of aromatic nitrogens is 2. The molecule has 3 rings (SSSR count). The standard InChI is InChI=1S/C18H15BrN4O3/c1-12-6-8-13(9-7-12)18-23-22-17(26-18)11-25-20-10-16(24)21-15-5-3-2-4-14(15)19/h2-10H,11H2,1H3,(H,21,24)/b20-10+. The summed E-state index contributed by atoms with van der Waals surface area (Å²) >= 11 is 3.34. The number of hydrogen-bond donors (Lipinski definition) is 1. The lowest BCUT2D eigenvalue weighted by atomic mass is 10.1. The normalized spacial score (nSPS) is 10.8. The third-order valence-corrected chi connectivity index (χ3v) is 4.02. The SMILES string of the molecule is Cc1ccc(-c2nnc(CO/N=C/C(=O)Nc3ccccc3Br)o2)cc1. The molecule has 1 amide bonds. The third-order valence-electron chi connectivity index (χ3n) is 3.33. The largest absolute Gasteiger partial charge is 0.417 e. The Balaban J connectivity index is 1.50. The van der Waals surface area contributed by atoms with E-state index in [-0.39, 0.29) is 12.5 Å². The molecule has 2 aromatic carbocycles. The maximum absolute atomic E-state index is 11.8. The Labute approximate surface area is 158 Å². The number of halogens is 1. The van der Waals surface area contributed by atoms with Crippen LogP contribution in [0, 0.1) is 6.92 Å². The number of amides is 1. The van der Waals surface area contributed by atoms with Crippen molar-refractivity contribution >= 4 is 33.7 Å². The first-order valence-electron chi connectivity index (χ1n) is 7.72. The van der Waals surface area contributed by atoms with E-state index in [0.29, 0.717) is 11.6 Å². The molecule has 0 aliphatic carbocycles. The van der Waals surface area contributed by atoms with Crippen LogP contribution in [0.1, 0.15) is 11.5 Å². The lowest BCUT2D eigenvalue weighted by Crippen LogP contribution is -2.13. The van der Waals surface area contributed by atoms with Gasteiger partial charge in [0.05, 0.1) is 5.69 Å². The highest BCUT2D eigenvalue weighted by Crippen LogP contribution is 2.21.